The van der Waals surface area contributed by atoms with E-state index in [1.807, 2.05) is 13.8 Å². The number of carbonyl (C=O) groups is 1. The lowest BCUT2D eigenvalue weighted by Crippen LogP contribution is -2.41. The molecule has 1 aromatic heterocycles. The van der Waals surface area contributed by atoms with Gasteiger partial charge >= 0.3 is 0 Å². The van der Waals surface area contributed by atoms with Crippen molar-refractivity contribution in [3.05, 3.63) is 24.0 Å². The second-order valence-corrected chi connectivity index (χ2v) is 7.25. The van der Waals surface area contributed by atoms with Gasteiger partial charge in [-0.05, 0) is 64.6 Å². The number of amides is 1. The monoisotopic (exact) mass is 331 g/mol. The van der Waals surface area contributed by atoms with E-state index in [0.29, 0.717) is 23.3 Å². The Balaban J connectivity index is 1.59. The van der Waals surface area contributed by atoms with Crippen molar-refractivity contribution >= 4 is 5.91 Å². The van der Waals surface area contributed by atoms with Crippen LogP contribution in [-0.4, -0.2) is 47.6 Å². The summed E-state index contributed by atoms with van der Waals surface area (Å²) >= 11 is 0. The van der Waals surface area contributed by atoms with Crippen molar-refractivity contribution in [2.75, 3.05) is 19.6 Å². The molecular formula is C19H29N3O2. The van der Waals surface area contributed by atoms with Gasteiger partial charge in [-0.3, -0.25) is 9.78 Å². The highest BCUT2D eigenvalue weighted by atomic mass is 16.5. The number of nitrogens with zero attached hydrogens (tertiary/aromatic N) is 2. The third-order valence-corrected chi connectivity index (χ3v) is 5.15. The van der Waals surface area contributed by atoms with Crippen LogP contribution in [0.1, 0.15) is 56.3 Å². The molecule has 2 fully saturated rings. The van der Waals surface area contributed by atoms with E-state index in [-0.39, 0.29) is 12.0 Å². The lowest BCUT2D eigenvalue weighted by molar-refractivity contribution is 0.0931. The van der Waals surface area contributed by atoms with Crippen LogP contribution >= 0.6 is 0 Å². The molecule has 1 amide bonds. The highest BCUT2D eigenvalue weighted by molar-refractivity contribution is 5.96. The first-order valence-electron chi connectivity index (χ1n) is 9.28. The second kappa shape index (κ2) is 7.97. The number of aromatic nitrogens is 1. The minimum Gasteiger partial charge on any atom is -0.489 e. The molecule has 1 aliphatic heterocycles. The number of likely N-dealkylation sites (tertiary alicyclic amines) is 1. The summed E-state index contributed by atoms with van der Waals surface area (Å²) in [5, 5.41) is 3.13. The van der Waals surface area contributed by atoms with Crippen molar-refractivity contribution < 1.29 is 9.53 Å². The maximum Gasteiger partial charge on any atom is 0.255 e. The second-order valence-electron chi connectivity index (χ2n) is 7.25. The largest absolute Gasteiger partial charge is 0.489 e. The molecule has 0 aromatic carbocycles. The zero-order valence-corrected chi connectivity index (χ0v) is 14.8. The highest BCUT2D eigenvalue weighted by Crippen LogP contribution is 2.31. The Kier molecular flexibility index (Phi) is 5.72. The van der Waals surface area contributed by atoms with E-state index in [1.54, 1.807) is 18.5 Å². The molecule has 2 aliphatic rings. The first-order chi connectivity index (χ1) is 11.6. The number of hydrogen-bond acceptors (Lipinski definition) is 4. The molecule has 1 aromatic rings. The predicted octanol–water partition coefficient (Wildman–Crippen LogP) is 2.86. The van der Waals surface area contributed by atoms with Crippen molar-refractivity contribution in [2.45, 2.75) is 58.1 Å². The Hall–Kier alpha value is -1.62. The molecule has 1 N–H and O–H groups in total. The maximum absolute atomic E-state index is 12.6. The van der Waals surface area contributed by atoms with Crippen molar-refractivity contribution in [2.24, 2.45) is 5.92 Å². The number of hydrogen-bond donors (Lipinski definition) is 1. The van der Waals surface area contributed by atoms with Crippen molar-refractivity contribution in [1.29, 1.82) is 0 Å². The summed E-state index contributed by atoms with van der Waals surface area (Å²) < 4.78 is 5.71. The van der Waals surface area contributed by atoms with E-state index >= 15 is 0 Å². The van der Waals surface area contributed by atoms with Crippen LogP contribution in [-0.2, 0) is 0 Å². The highest BCUT2D eigenvalue weighted by Gasteiger charge is 2.33. The minimum atomic E-state index is -0.0554. The summed E-state index contributed by atoms with van der Waals surface area (Å²) in [6, 6.07) is 2.39. The van der Waals surface area contributed by atoms with Crippen molar-refractivity contribution in [1.82, 2.24) is 15.2 Å². The van der Waals surface area contributed by atoms with Gasteiger partial charge in [0.25, 0.3) is 5.91 Å². The first kappa shape index (κ1) is 17.2. The Bertz CT molecular complexity index is 555. The summed E-state index contributed by atoms with van der Waals surface area (Å²) in [5.41, 5.74) is 0.578. The van der Waals surface area contributed by atoms with Crippen LogP contribution in [0.4, 0.5) is 0 Å². The molecular weight excluding hydrogens is 302 g/mol. The van der Waals surface area contributed by atoms with Gasteiger partial charge in [0.15, 0.2) is 5.75 Å². The molecule has 24 heavy (non-hydrogen) atoms. The van der Waals surface area contributed by atoms with Gasteiger partial charge in [0.05, 0.1) is 17.9 Å². The Morgan fingerprint density at radius 3 is 2.88 bits per heavy atom. The summed E-state index contributed by atoms with van der Waals surface area (Å²) in [6.45, 7) is 7.11. The molecule has 5 nitrogen and oxygen atoms in total. The lowest BCUT2D eigenvalue weighted by atomic mass is 10.0. The van der Waals surface area contributed by atoms with Gasteiger partial charge in [-0.1, -0.05) is 6.42 Å². The maximum atomic E-state index is 12.6. The topological polar surface area (TPSA) is 54.5 Å². The van der Waals surface area contributed by atoms with Gasteiger partial charge in [0.2, 0.25) is 0 Å². The van der Waals surface area contributed by atoms with Gasteiger partial charge < -0.3 is 15.0 Å². The summed E-state index contributed by atoms with van der Waals surface area (Å²) in [6.07, 6.45) is 9.70. The van der Waals surface area contributed by atoms with E-state index in [0.717, 1.165) is 6.54 Å². The molecule has 1 saturated carbocycles. The molecule has 2 heterocycles. The van der Waals surface area contributed by atoms with Crippen LogP contribution in [0, 0.1) is 5.92 Å². The van der Waals surface area contributed by atoms with Crippen molar-refractivity contribution in [3.63, 3.8) is 0 Å². The normalized spacial score (nSPS) is 24.5. The molecule has 1 saturated heterocycles. The SMILES string of the molecule is CC(C)Oc1cnccc1C(=O)NC[C@@H]1CCC[C@H]1N1CCCC1. The van der Waals surface area contributed by atoms with Gasteiger partial charge in [-0.15, -0.1) is 0 Å². The smallest absolute Gasteiger partial charge is 0.255 e. The van der Waals surface area contributed by atoms with Crippen LogP contribution in [0.5, 0.6) is 5.75 Å². The average molecular weight is 331 g/mol. The number of ether oxygens (including phenoxy) is 1. The Morgan fingerprint density at radius 2 is 2.12 bits per heavy atom. The molecule has 0 unspecified atom stereocenters. The molecule has 0 radical (unpaired) electrons. The van der Waals surface area contributed by atoms with Crippen molar-refractivity contribution in [3.8, 4) is 5.75 Å². The van der Waals surface area contributed by atoms with E-state index in [9.17, 15) is 4.79 Å². The quantitative estimate of drug-likeness (QED) is 0.871. The van der Waals surface area contributed by atoms with Crippen LogP contribution in [0.15, 0.2) is 18.5 Å². The number of carbonyl (C=O) groups excluding carboxylic acids is 1. The van der Waals surface area contributed by atoms with E-state index in [2.05, 4.69) is 15.2 Å². The number of nitrogens with one attached hydrogen (secondary N) is 1. The van der Waals surface area contributed by atoms with E-state index in [1.165, 1.54) is 45.2 Å². The van der Waals surface area contributed by atoms with Crippen LogP contribution < -0.4 is 10.1 Å². The third kappa shape index (κ3) is 4.07. The third-order valence-electron chi connectivity index (χ3n) is 5.15. The van der Waals surface area contributed by atoms with Gasteiger partial charge in [-0.25, -0.2) is 0 Å². The summed E-state index contributed by atoms with van der Waals surface area (Å²) in [4.78, 5) is 19.3. The average Bonchev–Trinajstić information content (AvgIpc) is 3.23. The van der Waals surface area contributed by atoms with Crippen LogP contribution in [0.25, 0.3) is 0 Å². The molecule has 2 atom stereocenters. The summed E-state index contributed by atoms with van der Waals surface area (Å²) in [5.74, 6) is 1.08. The minimum absolute atomic E-state index is 0.0233. The molecule has 5 heteroatoms. The zero-order chi connectivity index (χ0) is 16.9. The fraction of sp³-hybridized carbons (Fsp3) is 0.684. The Morgan fingerprint density at radius 1 is 1.33 bits per heavy atom. The van der Waals surface area contributed by atoms with Gasteiger partial charge in [0.1, 0.15) is 0 Å². The van der Waals surface area contributed by atoms with E-state index < -0.39 is 0 Å². The van der Waals surface area contributed by atoms with Crippen LogP contribution in [0.2, 0.25) is 0 Å². The molecule has 0 spiro atoms. The summed E-state index contributed by atoms with van der Waals surface area (Å²) in [7, 11) is 0. The molecule has 0 bridgehead atoms. The standard InChI is InChI=1S/C19H29N3O2/c1-14(2)24-18-13-20-9-8-16(18)19(23)21-12-15-6-5-7-17(15)22-10-3-4-11-22/h8-9,13-15,17H,3-7,10-12H2,1-2H3,(H,21,23)/t15-,17+/m0/s1. The lowest BCUT2D eigenvalue weighted by Gasteiger charge is -2.29. The van der Waals surface area contributed by atoms with Crippen LogP contribution in [0.3, 0.4) is 0 Å². The molecule has 3 rings (SSSR count). The molecule has 132 valence electrons. The van der Waals surface area contributed by atoms with Gasteiger partial charge in [-0.2, -0.15) is 0 Å². The molecule has 1 aliphatic carbocycles. The fourth-order valence-electron chi connectivity index (χ4n) is 4.04. The number of pyridine rings is 1. The van der Waals surface area contributed by atoms with E-state index in [4.69, 9.17) is 4.74 Å². The predicted molar refractivity (Wildman–Crippen MR) is 94.3 cm³/mol. The first-order valence-corrected chi connectivity index (χ1v) is 9.28. The van der Waals surface area contributed by atoms with Gasteiger partial charge in [0, 0.05) is 18.8 Å². The fourth-order valence-corrected chi connectivity index (χ4v) is 4.04. The number of rotatable bonds is 6. The zero-order valence-electron chi connectivity index (χ0n) is 14.8. The Labute approximate surface area is 144 Å².